The number of likely N-dealkylation sites (tertiary alicyclic amines) is 1. The number of carbonyl (C=O) groups is 2. The molecule has 35 heavy (non-hydrogen) atoms. The minimum Gasteiger partial charge on any atom is -0.383 e. The smallest absolute Gasteiger partial charge is 0.262 e. The van der Waals surface area contributed by atoms with Crippen molar-refractivity contribution in [1.29, 1.82) is 0 Å². The van der Waals surface area contributed by atoms with Crippen LogP contribution in [0.5, 0.6) is 0 Å². The summed E-state index contributed by atoms with van der Waals surface area (Å²) in [5.41, 5.74) is 7.67. The van der Waals surface area contributed by atoms with Gasteiger partial charge in [-0.05, 0) is 25.1 Å². The lowest BCUT2D eigenvalue weighted by molar-refractivity contribution is -0.144. The molecule has 2 amide bonds. The highest BCUT2D eigenvalue weighted by atomic mass is 16.5. The van der Waals surface area contributed by atoms with Gasteiger partial charge >= 0.3 is 0 Å². The van der Waals surface area contributed by atoms with Gasteiger partial charge in [0.15, 0.2) is 5.76 Å². The van der Waals surface area contributed by atoms with E-state index in [0.29, 0.717) is 18.2 Å². The van der Waals surface area contributed by atoms with E-state index < -0.39 is 5.60 Å². The van der Waals surface area contributed by atoms with Crippen LogP contribution in [-0.2, 0) is 19.9 Å². The molecule has 1 aromatic carbocycles. The molecule has 0 spiro atoms. The number of primary amides is 1. The quantitative estimate of drug-likeness (QED) is 0.455. The number of aromatic nitrogens is 2. The second kappa shape index (κ2) is 10.2. The van der Waals surface area contributed by atoms with E-state index in [4.69, 9.17) is 19.0 Å². The normalized spacial score (nSPS) is 19.6. The lowest BCUT2D eigenvalue weighted by Crippen LogP contribution is -2.35. The summed E-state index contributed by atoms with van der Waals surface area (Å²) >= 11 is 0. The van der Waals surface area contributed by atoms with Gasteiger partial charge in [-0.3, -0.25) is 14.6 Å². The molecule has 0 bridgehead atoms. The summed E-state index contributed by atoms with van der Waals surface area (Å²) in [7, 11) is 1.67. The monoisotopic (exact) mass is 479 g/mol. The van der Waals surface area contributed by atoms with E-state index in [1.54, 1.807) is 13.1 Å². The Morgan fingerprint density at radius 2 is 1.94 bits per heavy atom. The van der Waals surface area contributed by atoms with Crippen molar-refractivity contribution in [3.63, 3.8) is 0 Å². The summed E-state index contributed by atoms with van der Waals surface area (Å²) in [6.45, 7) is 4.99. The van der Waals surface area contributed by atoms with Crippen molar-refractivity contribution in [2.24, 2.45) is 11.7 Å². The van der Waals surface area contributed by atoms with Crippen molar-refractivity contribution in [3.05, 3.63) is 53.9 Å². The lowest BCUT2D eigenvalue weighted by Gasteiger charge is -2.26. The standard InChI is InChI=1S/C24H26N4O4.CH3NO/c1-15-19(25-12-16-13-31-14-16)6-7-20(26-15)17-4-3-5-18(10-17)21-11-22(32-27-21)24(30)8-9-28(2)23(24)29;2-1-3/h3-7,10-11,16,25,30H,8-9,12-14H2,1-2H3;1H,(H2,2,3). The first-order valence-electron chi connectivity index (χ1n) is 11.4. The second-order valence-electron chi connectivity index (χ2n) is 8.74. The Hall–Kier alpha value is -3.76. The van der Waals surface area contributed by atoms with E-state index in [9.17, 15) is 9.90 Å². The highest BCUT2D eigenvalue weighted by Gasteiger charge is 2.48. The molecule has 2 aromatic heterocycles. The number of carbonyl (C=O) groups excluding carboxylic acids is 2. The van der Waals surface area contributed by atoms with Crippen molar-refractivity contribution >= 4 is 18.0 Å². The van der Waals surface area contributed by atoms with Crippen LogP contribution in [0.4, 0.5) is 5.69 Å². The number of aliphatic hydroxyl groups is 1. The Morgan fingerprint density at radius 3 is 2.54 bits per heavy atom. The molecule has 4 heterocycles. The van der Waals surface area contributed by atoms with Crippen LogP contribution in [-0.4, -0.2) is 65.8 Å². The molecule has 10 heteroatoms. The number of pyridine rings is 1. The van der Waals surface area contributed by atoms with Gasteiger partial charge in [0.2, 0.25) is 12.0 Å². The summed E-state index contributed by atoms with van der Waals surface area (Å²) < 4.78 is 10.6. The molecule has 10 nitrogen and oxygen atoms in total. The number of hydrogen-bond donors (Lipinski definition) is 3. The van der Waals surface area contributed by atoms with E-state index in [1.165, 1.54) is 4.90 Å². The molecule has 1 atom stereocenters. The number of anilines is 1. The van der Waals surface area contributed by atoms with Crippen LogP contribution in [0.15, 0.2) is 47.0 Å². The minimum absolute atomic E-state index is 0.175. The predicted octanol–water partition coefficient (Wildman–Crippen LogP) is 1.92. The highest BCUT2D eigenvalue weighted by molar-refractivity contribution is 5.87. The lowest BCUT2D eigenvalue weighted by atomic mass is 9.97. The van der Waals surface area contributed by atoms with Gasteiger partial charge in [-0.15, -0.1) is 0 Å². The Labute approximate surface area is 203 Å². The van der Waals surface area contributed by atoms with Crippen LogP contribution in [0.3, 0.4) is 0 Å². The van der Waals surface area contributed by atoms with Crippen molar-refractivity contribution in [2.45, 2.75) is 18.9 Å². The van der Waals surface area contributed by atoms with Crippen molar-refractivity contribution in [1.82, 2.24) is 15.0 Å². The number of ether oxygens (including phenoxy) is 1. The summed E-state index contributed by atoms with van der Waals surface area (Å²) in [4.78, 5) is 27.2. The molecule has 5 rings (SSSR count). The maximum absolute atomic E-state index is 12.3. The SMILES string of the molecule is Cc1nc(-c2cccc(-c3cc(C4(O)CCN(C)C4=O)on3)c2)ccc1NCC1COC1.NC=O. The molecule has 2 aliphatic rings. The van der Waals surface area contributed by atoms with Gasteiger partial charge in [-0.25, -0.2) is 0 Å². The first-order chi connectivity index (χ1) is 16.9. The zero-order chi connectivity index (χ0) is 25.0. The second-order valence-corrected chi connectivity index (χ2v) is 8.74. The number of rotatable bonds is 6. The average Bonchev–Trinajstić information content (AvgIpc) is 3.42. The van der Waals surface area contributed by atoms with E-state index in [1.807, 2.05) is 37.3 Å². The molecule has 1 unspecified atom stereocenters. The van der Waals surface area contributed by atoms with Gasteiger partial charge in [-0.2, -0.15) is 0 Å². The number of nitrogens with one attached hydrogen (secondary N) is 1. The Morgan fingerprint density at radius 1 is 1.23 bits per heavy atom. The van der Waals surface area contributed by atoms with E-state index in [0.717, 1.165) is 48.0 Å². The predicted molar refractivity (Wildman–Crippen MR) is 129 cm³/mol. The molecule has 2 aliphatic heterocycles. The average molecular weight is 480 g/mol. The van der Waals surface area contributed by atoms with Crippen molar-refractivity contribution in [2.75, 3.05) is 38.7 Å². The van der Waals surface area contributed by atoms with E-state index in [2.05, 4.69) is 22.3 Å². The fourth-order valence-electron chi connectivity index (χ4n) is 4.09. The third-order valence-electron chi connectivity index (χ3n) is 6.26. The molecule has 0 aliphatic carbocycles. The van der Waals surface area contributed by atoms with Crippen LogP contribution in [0.2, 0.25) is 0 Å². The Balaban J connectivity index is 0.000000917. The van der Waals surface area contributed by atoms with Gasteiger partial charge in [0, 0.05) is 49.7 Å². The Bertz CT molecular complexity index is 1210. The van der Waals surface area contributed by atoms with Crippen LogP contribution < -0.4 is 11.1 Å². The number of nitrogens with zero attached hydrogens (tertiary/aromatic N) is 3. The number of aryl methyl sites for hydroxylation is 1. The van der Waals surface area contributed by atoms with Crippen LogP contribution >= 0.6 is 0 Å². The van der Waals surface area contributed by atoms with E-state index >= 15 is 0 Å². The fourth-order valence-corrected chi connectivity index (χ4v) is 4.09. The third kappa shape index (κ3) is 5.03. The maximum Gasteiger partial charge on any atom is 0.262 e. The highest BCUT2D eigenvalue weighted by Crippen LogP contribution is 2.35. The number of likely N-dealkylation sites (N-methyl/N-ethyl adjacent to an activating group) is 1. The number of hydrogen-bond acceptors (Lipinski definition) is 8. The van der Waals surface area contributed by atoms with Gasteiger partial charge < -0.3 is 30.3 Å². The largest absolute Gasteiger partial charge is 0.383 e. The molecule has 184 valence electrons. The molecule has 0 radical (unpaired) electrons. The number of amides is 2. The van der Waals surface area contributed by atoms with Crippen molar-refractivity contribution < 1.29 is 24.0 Å². The van der Waals surface area contributed by atoms with Gasteiger partial charge in [0.05, 0.1) is 30.3 Å². The molecule has 2 fully saturated rings. The first-order valence-corrected chi connectivity index (χ1v) is 11.4. The molecule has 2 saturated heterocycles. The van der Waals surface area contributed by atoms with Crippen LogP contribution in [0.25, 0.3) is 22.5 Å². The van der Waals surface area contributed by atoms with E-state index in [-0.39, 0.29) is 24.5 Å². The minimum atomic E-state index is -1.65. The molecule has 0 saturated carbocycles. The third-order valence-corrected chi connectivity index (χ3v) is 6.26. The zero-order valence-electron chi connectivity index (χ0n) is 19.7. The van der Waals surface area contributed by atoms with Crippen LogP contribution in [0, 0.1) is 12.8 Å². The Kier molecular flexibility index (Phi) is 7.13. The summed E-state index contributed by atoms with van der Waals surface area (Å²) in [6, 6.07) is 13.5. The van der Waals surface area contributed by atoms with Gasteiger partial charge in [0.25, 0.3) is 5.91 Å². The first kappa shape index (κ1) is 24.4. The molecular weight excluding hydrogens is 450 g/mol. The molecule has 3 aromatic rings. The summed E-state index contributed by atoms with van der Waals surface area (Å²) in [5, 5.41) is 18.4. The van der Waals surface area contributed by atoms with Gasteiger partial charge in [0.1, 0.15) is 5.69 Å². The number of benzene rings is 1. The van der Waals surface area contributed by atoms with Crippen LogP contribution in [0.1, 0.15) is 17.9 Å². The maximum atomic E-state index is 12.3. The summed E-state index contributed by atoms with van der Waals surface area (Å²) in [5.74, 6) is 0.372. The van der Waals surface area contributed by atoms with Crippen molar-refractivity contribution in [3.8, 4) is 22.5 Å². The fraction of sp³-hybridized carbons (Fsp3) is 0.360. The topological polar surface area (TPSA) is 144 Å². The molecular formula is C25H29N5O5. The molecule has 4 N–H and O–H groups in total. The number of nitrogens with two attached hydrogens (primary N) is 1. The summed E-state index contributed by atoms with van der Waals surface area (Å²) in [6.07, 6.45) is 0.536. The zero-order valence-corrected chi connectivity index (χ0v) is 19.7. The van der Waals surface area contributed by atoms with Gasteiger partial charge in [-0.1, -0.05) is 23.4 Å².